The van der Waals surface area contributed by atoms with Gasteiger partial charge in [0, 0.05) is 30.3 Å². The molecule has 5 heteroatoms. The molecular weight excluding hydrogens is 310 g/mol. The van der Waals surface area contributed by atoms with Gasteiger partial charge in [-0.25, -0.2) is 0 Å². The Labute approximate surface area is 139 Å². The highest BCUT2D eigenvalue weighted by Crippen LogP contribution is 2.20. The van der Waals surface area contributed by atoms with E-state index in [2.05, 4.69) is 10.6 Å². The fourth-order valence-electron chi connectivity index (χ4n) is 2.27. The number of aromatic nitrogens is 1. The van der Waals surface area contributed by atoms with Gasteiger partial charge in [0.1, 0.15) is 5.69 Å². The van der Waals surface area contributed by atoms with Gasteiger partial charge in [-0.05, 0) is 42.5 Å². The maximum absolute atomic E-state index is 12.2. The Balaban J connectivity index is 1.68. The van der Waals surface area contributed by atoms with Gasteiger partial charge in [0.2, 0.25) is 0 Å². The molecule has 0 radical (unpaired) electrons. The van der Waals surface area contributed by atoms with Gasteiger partial charge < -0.3 is 15.2 Å². The molecule has 0 spiro atoms. The molecule has 4 nitrogen and oxygen atoms in total. The molecule has 0 fully saturated rings. The van der Waals surface area contributed by atoms with E-state index in [0.717, 1.165) is 17.1 Å². The van der Waals surface area contributed by atoms with Crippen molar-refractivity contribution in [2.75, 3.05) is 10.6 Å². The van der Waals surface area contributed by atoms with Crippen LogP contribution in [0.25, 0.3) is 0 Å². The third-order valence-electron chi connectivity index (χ3n) is 3.41. The van der Waals surface area contributed by atoms with Crippen LogP contribution in [0.5, 0.6) is 0 Å². The number of benzene rings is 2. The molecule has 23 heavy (non-hydrogen) atoms. The summed E-state index contributed by atoms with van der Waals surface area (Å²) in [5, 5.41) is 6.69. The fraction of sp³-hybridized carbons (Fsp3) is 0.0556. The van der Waals surface area contributed by atoms with Gasteiger partial charge in [0.15, 0.2) is 0 Å². The number of anilines is 3. The number of carbonyl (C=O) groups is 1. The summed E-state index contributed by atoms with van der Waals surface area (Å²) in [6.45, 7) is 0. The molecule has 116 valence electrons. The highest BCUT2D eigenvalue weighted by molar-refractivity contribution is 6.31. The number of nitrogens with one attached hydrogen (secondary N) is 2. The first-order valence-corrected chi connectivity index (χ1v) is 7.55. The van der Waals surface area contributed by atoms with Crippen LogP contribution in [-0.2, 0) is 7.05 Å². The minimum absolute atomic E-state index is 0.192. The second kappa shape index (κ2) is 6.58. The molecule has 1 heterocycles. The maximum atomic E-state index is 12.2. The van der Waals surface area contributed by atoms with Gasteiger partial charge in [0.25, 0.3) is 5.91 Å². The number of hydrogen-bond donors (Lipinski definition) is 2. The lowest BCUT2D eigenvalue weighted by molar-refractivity contribution is 0.101. The maximum Gasteiger partial charge on any atom is 0.272 e. The van der Waals surface area contributed by atoms with Gasteiger partial charge in [0.05, 0.1) is 5.02 Å². The minimum Gasteiger partial charge on any atom is -0.356 e. The number of nitrogens with zero attached hydrogens (tertiary/aromatic N) is 1. The van der Waals surface area contributed by atoms with E-state index < -0.39 is 0 Å². The average molecular weight is 326 g/mol. The summed E-state index contributed by atoms with van der Waals surface area (Å²) < 4.78 is 1.70. The summed E-state index contributed by atoms with van der Waals surface area (Å²) >= 11 is 5.90. The lowest BCUT2D eigenvalue weighted by Crippen LogP contribution is -2.15. The van der Waals surface area contributed by atoms with Crippen LogP contribution in [0.1, 0.15) is 10.5 Å². The quantitative estimate of drug-likeness (QED) is 0.732. The van der Waals surface area contributed by atoms with Crippen LogP contribution >= 0.6 is 11.6 Å². The third-order valence-corrected chi connectivity index (χ3v) is 3.62. The molecule has 0 saturated carbocycles. The zero-order valence-corrected chi connectivity index (χ0v) is 13.3. The molecule has 3 rings (SSSR count). The molecule has 0 atom stereocenters. The SMILES string of the molecule is Cn1cc(Cl)cc1C(=O)Nc1ccc(Nc2ccccc2)cc1. The highest BCUT2D eigenvalue weighted by Gasteiger charge is 2.11. The molecule has 0 unspecified atom stereocenters. The molecular formula is C18H16ClN3O. The van der Waals surface area contributed by atoms with Crippen molar-refractivity contribution in [3.8, 4) is 0 Å². The van der Waals surface area contributed by atoms with Crippen molar-refractivity contribution in [3.63, 3.8) is 0 Å². The zero-order valence-electron chi connectivity index (χ0n) is 12.6. The Morgan fingerprint density at radius 3 is 2.17 bits per heavy atom. The van der Waals surface area contributed by atoms with E-state index in [9.17, 15) is 4.79 Å². The Bertz CT molecular complexity index is 810. The van der Waals surface area contributed by atoms with Crippen molar-refractivity contribution in [1.82, 2.24) is 4.57 Å². The lowest BCUT2D eigenvalue weighted by Gasteiger charge is -2.09. The monoisotopic (exact) mass is 325 g/mol. The van der Waals surface area contributed by atoms with Crippen LogP contribution < -0.4 is 10.6 Å². The van der Waals surface area contributed by atoms with E-state index in [1.807, 2.05) is 54.6 Å². The fourth-order valence-corrected chi connectivity index (χ4v) is 2.52. The first kappa shape index (κ1) is 15.2. The normalized spacial score (nSPS) is 10.3. The Kier molecular flexibility index (Phi) is 4.35. The van der Waals surface area contributed by atoms with E-state index in [1.54, 1.807) is 23.9 Å². The Morgan fingerprint density at radius 2 is 1.57 bits per heavy atom. The number of halogens is 1. The van der Waals surface area contributed by atoms with Crippen LogP contribution in [0.2, 0.25) is 5.02 Å². The molecule has 2 aromatic carbocycles. The van der Waals surface area contributed by atoms with Gasteiger partial charge in [-0.15, -0.1) is 0 Å². The predicted octanol–water partition coefficient (Wildman–Crippen LogP) is 4.67. The highest BCUT2D eigenvalue weighted by atomic mass is 35.5. The summed E-state index contributed by atoms with van der Waals surface area (Å²) in [7, 11) is 1.79. The standard InChI is InChI=1S/C18H16ClN3O/c1-22-12-13(19)11-17(22)18(23)21-16-9-7-15(8-10-16)20-14-5-3-2-4-6-14/h2-12,20H,1H3,(H,21,23). The van der Waals surface area contributed by atoms with E-state index in [4.69, 9.17) is 11.6 Å². The molecule has 2 N–H and O–H groups in total. The van der Waals surface area contributed by atoms with E-state index in [1.165, 1.54) is 0 Å². The summed E-state index contributed by atoms with van der Waals surface area (Å²) in [4.78, 5) is 12.2. The van der Waals surface area contributed by atoms with Crippen molar-refractivity contribution in [1.29, 1.82) is 0 Å². The minimum atomic E-state index is -0.192. The van der Waals surface area contributed by atoms with Crippen molar-refractivity contribution in [2.45, 2.75) is 0 Å². The number of amides is 1. The van der Waals surface area contributed by atoms with E-state index in [0.29, 0.717) is 10.7 Å². The van der Waals surface area contributed by atoms with Crippen LogP contribution in [-0.4, -0.2) is 10.5 Å². The van der Waals surface area contributed by atoms with Crippen molar-refractivity contribution >= 4 is 34.6 Å². The lowest BCUT2D eigenvalue weighted by atomic mass is 10.2. The zero-order chi connectivity index (χ0) is 16.2. The molecule has 3 aromatic rings. The predicted molar refractivity (Wildman–Crippen MR) is 94.5 cm³/mol. The number of hydrogen-bond acceptors (Lipinski definition) is 2. The van der Waals surface area contributed by atoms with Gasteiger partial charge in [-0.1, -0.05) is 29.8 Å². The first-order chi connectivity index (χ1) is 11.1. The van der Waals surface area contributed by atoms with Gasteiger partial charge in [-0.3, -0.25) is 4.79 Å². The second-order valence-electron chi connectivity index (χ2n) is 5.18. The number of para-hydroxylation sites is 1. The Morgan fingerprint density at radius 1 is 0.957 bits per heavy atom. The van der Waals surface area contributed by atoms with Crippen LogP contribution in [0.15, 0.2) is 66.9 Å². The van der Waals surface area contributed by atoms with E-state index >= 15 is 0 Å². The Hall–Kier alpha value is -2.72. The number of rotatable bonds is 4. The summed E-state index contributed by atoms with van der Waals surface area (Å²) in [6.07, 6.45) is 1.70. The topological polar surface area (TPSA) is 46.1 Å². The molecule has 0 aliphatic carbocycles. The van der Waals surface area contributed by atoms with Crippen molar-refractivity contribution < 1.29 is 4.79 Å². The van der Waals surface area contributed by atoms with Crippen LogP contribution in [0, 0.1) is 0 Å². The largest absolute Gasteiger partial charge is 0.356 e. The molecule has 1 amide bonds. The molecule has 0 bridgehead atoms. The summed E-state index contributed by atoms with van der Waals surface area (Å²) in [5.41, 5.74) is 3.21. The molecule has 0 aliphatic rings. The van der Waals surface area contributed by atoms with E-state index in [-0.39, 0.29) is 5.91 Å². The van der Waals surface area contributed by atoms with Crippen molar-refractivity contribution in [3.05, 3.63) is 77.6 Å². The first-order valence-electron chi connectivity index (χ1n) is 7.17. The summed E-state index contributed by atoms with van der Waals surface area (Å²) in [5.74, 6) is -0.192. The van der Waals surface area contributed by atoms with Crippen LogP contribution in [0.4, 0.5) is 17.1 Å². The second-order valence-corrected chi connectivity index (χ2v) is 5.61. The smallest absolute Gasteiger partial charge is 0.272 e. The number of carbonyl (C=O) groups excluding carboxylic acids is 1. The summed E-state index contributed by atoms with van der Waals surface area (Å²) in [6, 6.07) is 19.1. The van der Waals surface area contributed by atoms with Crippen LogP contribution in [0.3, 0.4) is 0 Å². The van der Waals surface area contributed by atoms with Gasteiger partial charge in [-0.2, -0.15) is 0 Å². The number of aryl methyl sites for hydroxylation is 1. The average Bonchev–Trinajstić information content (AvgIpc) is 2.89. The molecule has 1 aromatic heterocycles. The third kappa shape index (κ3) is 3.73. The van der Waals surface area contributed by atoms with Crippen molar-refractivity contribution in [2.24, 2.45) is 7.05 Å². The molecule has 0 saturated heterocycles. The van der Waals surface area contributed by atoms with Gasteiger partial charge >= 0.3 is 0 Å². The molecule has 0 aliphatic heterocycles.